The van der Waals surface area contributed by atoms with Crippen molar-refractivity contribution in [1.82, 2.24) is 0 Å². The van der Waals surface area contributed by atoms with Gasteiger partial charge in [-0.25, -0.2) is 0 Å². The molecule has 1 atom stereocenters. The molecule has 0 radical (unpaired) electrons. The van der Waals surface area contributed by atoms with Crippen molar-refractivity contribution in [2.24, 2.45) is 11.8 Å². The molecule has 0 aliphatic rings. The van der Waals surface area contributed by atoms with Gasteiger partial charge in [-0.15, -0.1) is 0 Å². The van der Waals surface area contributed by atoms with Crippen LogP contribution in [0.4, 0.5) is 0 Å². The molecule has 0 aromatic heterocycles. The predicted octanol–water partition coefficient (Wildman–Crippen LogP) is 4.42. The zero-order valence-corrected chi connectivity index (χ0v) is 9.14. The van der Waals surface area contributed by atoms with E-state index < -0.39 is 0 Å². The van der Waals surface area contributed by atoms with E-state index in [1.807, 2.05) is 0 Å². The SMILES string of the molecule is CC=CCC(C)CCCC(C)C. The van der Waals surface area contributed by atoms with Gasteiger partial charge in [0.2, 0.25) is 0 Å². The molecule has 0 nitrogen and oxygen atoms in total. The lowest BCUT2D eigenvalue weighted by atomic mass is 9.97. The third-order valence-corrected chi connectivity index (χ3v) is 2.25. The molecule has 72 valence electrons. The van der Waals surface area contributed by atoms with Crippen LogP contribution in [0.5, 0.6) is 0 Å². The molecule has 0 saturated heterocycles. The third kappa shape index (κ3) is 7.84. The Morgan fingerprint density at radius 3 is 2.25 bits per heavy atom. The predicted molar refractivity (Wildman–Crippen MR) is 57.3 cm³/mol. The highest BCUT2D eigenvalue weighted by Crippen LogP contribution is 2.15. The first kappa shape index (κ1) is 11.7. The number of rotatable bonds is 6. The van der Waals surface area contributed by atoms with Crippen LogP contribution in [-0.4, -0.2) is 0 Å². The van der Waals surface area contributed by atoms with Crippen LogP contribution in [0.15, 0.2) is 12.2 Å². The molecule has 0 rings (SSSR count). The second-order valence-electron chi connectivity index (χ2n) is 4.23. The van der Waals surface area contributed by atoms with Crippen LogP contribution in [0, 0.1) is 11.8 Å². The summed E-state index contributed by atoms with van der Waals surface area (Å²) >= 11 is 0. The second-order valence-corrected chi connectivity index (χ2v) is 4.23. The van der Waals surface area contributed by atoms with Crippen molar-refractivity contribution in [3.8, 4) is 0 Å². The summed E-state index contributed by atoms with van der Waals surface area (Å²) in [5, 5.41) is 0. The standard InChI is InChI=1S/C12H24/c1-5-6-9-12(4)10-7-8-11(2)3/h5-6,11-12H,7-10H2,1-4H3. The summed E-state index contributed by atoms with van der Waals surface area (Å²) in [5.41, 5.74) is 0. The lowest BCUT2D eigenvalue weighted by molar-refractivity contribution is 0.460. The van der Waals surface area contributed by atoms with Crippen molar-refractivity contribution in [3.63, 3.8) is 0 Å². The van der Waals surface area contributed by atoms with Gasteiger partial charge in [0, 0.05) is 0 Å². The highest BCUT2D eigenvalue weighted by atomic mass is 14.1. The van der Waals surface area contributed by atoms with Crippen molar-refractivity contribution in [2.45, 2.75) is 53.4 Å². The van der Waals surface area contributed by atoms with Gasteiger partial charge in [0.15, 0.2) is 0 Å². The molecular formula is C12H24. The Morgan fingerprint density at radius 1 is 1.08 bits per heavy atom. The number of hydrogen-bond donors (Lipinski definition) is 0. The van der Waals surface area contributed by atoms with Crippen molar-refractivity contribution in [2.75, 3.05) is 0 Å². The van der Waals surface area contributed by atoms with Crippen molar-refractivity contribution in [3.05, 3.63) is 12.2 Å². The van der Waals surface area contributed by atoms with Crippen LogP contribution in [0.3, 0.4) is 0 Å². The van der Waals surface area contributed by atoms with Crippen molar-refractivity contribution in [1.29, 1.82) is 0 Å². The highest BCUT2D eigenvalue weighted by molar-refractivity contribution is 4.78. The molecule has 0 N–H and O–H groups in total. The van der Waals surface area contributed by atoms with Gasteiger partial charge >= 0.3 is 0 Å². The zero-order valence-electron chi connectivity index (χ0n) is 9.14. The van der Waals surface area contributed by atoms with Gasteiger partial charge in [-0.05, 0) is 25.2 Å². The molecule has 0 amide bonds. The summed E-state index contributed by atoms with van der Waals surface area (Å²) in [4.78, 5) is 0. The normalized spacial score (nSPS) is 14.4. The summed E-state index contributed by atoms with van der Waals surface area (Å²) in [5.74, 6) is 1.75. The minimum Gasteiger partial charge on any atom is -0.0917 e. The molecule has 0 aromatic rings. The Bertz CT molecular complexity index is 111. The third-order valence-electron chi connectivity index (χ3n) is 2.25. The largest absolute Gasteiger partial charge is 0.0917 e. The molecule has 0 bridgehead atoms. The Morgan fingerprint density at radius 2 is 1.75 bits per heavy atom. The lowest BCUT2D eigenvalue weighted by Gasteiger charge is -2.09. The zero-order chi connectivity index (χ0) is 9.40. The first-order chi connectivity index (χ1) is 5.66. The molecule has 0 spiro atoms. The highest BCUT2D eigenvalue weighted by Gasteiger charge is 2.00. The first-order valence-corrected chi connectivity index (χ1v) is 5.28. The smallest absolute Gasteiger partial charge is 0.0325 e. The Balaban J connectivity index is 3.25. The van der Waals surface area contributed by atoms with E-state index in [0.29, 0.717) is 0 Å². The van der Waals surface area contributed by atoms with E-state index in [9.17, 15) is 0 Å². The van der Waals surface area contributed by atoms with Gasteiger partial charge < -0.3 is 0 Å². The average Bonchev–Trinajstić information content (AvgIpc) is 2.00. The first-order valence-electron chi connectivity index (χ1n) is 5.28. The molecule has 0 fully saturated rings. The maximum atomic E-state index is 2.35. The molecule has 0 heterocycles. The van der Waals surface area contributed by atoms with Crippen LogP contribution in [0.2, 0.25) is 0 Å². The summed E-state index contributed by atoms with van der Waals surface area (Å²) in [6, 6.07) is 0. The second kappa shape index (κ2) is 7.39. The van der Waals surface area contributed by atoms with E-state index in [-0.39, 0.29) is 0 Å². The van der Waals surface area contributed by atoms with Gasteiger partial charge in [-0.2, -0.15) is 0 Å². The Labute approximate surface area is 78.1 Å². The minimum absolute atomic E-state index is 0.874. The summed E-state index contributed by atoms with van der Waals surface area (Å²) in [6.07, 6.45) is 9.87. The van der Waals surface area contributed by atoms with Gasteiger partial charge in [0.25, 0.3) is 0 Å². The van der Waals surface area contributed by atoms with Crippen LogP contribution in [-0.2, 0) is 0 Å². The van der Waals surface area contributed by atoms with Crippen LogP contribution in [0.1, 0.15) is 53.4 Å². The Hall–Kier alpha value is -0.260. The molecule has 0 aliphatic carbocycles. The molecule has 0 saturated carbocycles. The van der Waals surface area contributed by atoms with Gasteiger partial charge in [0.05, 0.1) is 0 Å². The quantitative estimate of drug-likeness (QED) is 0.515. The number of hydrogen-bond acceptors (Lipinski definition) is 0. The molecule has 0 aromatic carbocycles. The van der Waals surface area contributed by atoms with Gasteiger partial charge in [-0.3, -0.25) is 0 Å². The van der Waals surface area contributed by atoms with Crippen molar-refractivity contribution < 1.29 is 0 Å². The van der Waals surface area contributed by atoms with Crippen LogP contribution >= 0.6 is 0 Å². The Kier molecular flexibility index (Phi) is 7.23. The fraction of sp³-hybridized carbons (Fsp3) is 0.833. The van der Waals surface area contributed by atoms with E-state index in [1.54, 1.807) is 0 Å². The number of allylic oxidation sites excluding steroid dienone is 2. The van der Waals surface area contributed by atoms with E-state index in [0.717, 1.165) is 11.8 Å². The summed E-state index contributed by atoms with van der Waals surface area (Å²) < 4.78 is 0. The van der Waals surface area contributed by atoms with Crippen molar-refractivity contribution >= 4 is 0 Å². The lowest BCUT2D eigenvalue weighted by Crippen LogP contribution is -1.94. The topological polar surface area (TPSA) is 0 Å². The molecule has 12 heavy (non-hydrogen) atoms. The maximum absolute atomic E-state index is 2.35. The molecule has 1 unspecified atom stereocenters. The maximum Gasteiger partial charge on any atom is -0.0325 e. The fourth-order valence-electron chi connectivity index (χ4n) is 1.36. The molecular weight excluding hydrogens is 144 g/mol. The minimum atomic E-state index is 0.874. The fourth-order valence-corrected chi connectivity index (χ4v) is 1.36. The molecule has 0 aliphatic heterocycles. The van der Waals surface area contributed by atoms with E-state index in [2.05, 4.69) is 39.8 Å². The monoisotopic (exact) mass is 168 g/mol. The van der Waals surface area contributed by atoms with Crippen LogP contribution < -0.4 is 0 Å². The summed E-state index contributed by atoms with van der Waals surface area (Å²) in [6.45, 7) is 9.05. The van der Waals surface area contributed by atoms with Crippen LogP contribution in [0.25, 0.3) is 0 Å². The van der Waals surface area contributed by atoms with Gasteiger partial charge in [0.1, 0.15) is 0 Å². The van der Waals surface area contributed by atoms with E-state index in [4.69, 9.17) is 0 Å². The average molecular weight is 168 g/mol. The molecule has 0 heteroatoms. The van der Waals surface area contributed by atoms with E-state index in [1.165, 1.54) is 25.7 Å². The van der Waals surface area contributed by atoms with E-state index >= 15 is 0 Å². The summed E-state index contributed by atoms with van der Waals surface area (Å²) in [7, 11) is 0. The van der Waals surface area contributed by atoms with Gasteiger partial charge in [-0.1, -0.05) is 52.2 Å².